The highest BCUT2D eigenvalue weighted by Crippen LogP contribution is 2.18. The van der Waals surface area contributed by atoms with Crippen LogP contribution in [-0.2, 0) is 0 Å². The molecule has 0 saturated heterocycles. The van der Waals surface area contributed by atoms with Crippen LogP contribution in [0.2, 0.25) is 0 Å². The molecule has 0 aliphatic carbocycles. The number of phenolic OH excluding ortho intramolecular Hbond substituents is 1. The molecule has 0 amide bonds. The fourth-order valence-corrected chi connectivity index (χ4v) is 1.01. The van der Waals surface area contributed by atoms with Gasteiger partial charge in [0.05, 0.1) is 0 Å². The van der Waals surface area contributed by atoms with Gasteiger partial charge in [0.2, 0.25) is 12.1 Å². The van der Waals surface area contributed by atoms with Gasteiger partial charge in [-0.2, -0.15) is 4.98 Å². The zero-order valence-electron chi connectivity index (χ0n) is 7.04. The third kappa shape index (κ3) is 1.47. The van der Waals surface area contributed by atoms with Gasteiger partial charge in [-0.05, 0) is 24.3 Å². The van der Waals surface area contributed by atoms with Gasteiger partial charge >= 0.3 is 0 Å². The van der Waals surface area contributed by atoms with Crippen molar-refractivity contribution in [2.24, 2.45) is 0 Å². The fraction of sp³-hybridized carbons (Fsp3) is 0. The molecule has 1 heterocycles. The van der Waals surface area contributed by atoms with Crippen molar-refractivity contribution in [2.75, 3.05) is 0 Å². The zero-order valence-corrected chi connectivity index (χ0v) is 7.04. The summed E-state index contributed by atoms with van der Waals surface area (Å²) in [6, 6.07) is 6.28. The van der Waals surface area contributed by atoms with Gasteiger partial charge in [0.15, 0.2) is 0 Å². The van der Waals surface area contributed by atoms with E-state index in [1.165, 1.54) is 12.1 Å². The van der Waals surface area contributed by atoms with Crippen LogP contribution in [0.4, 0.5) is 0 Å². The normalized spacial score (nSPS) is 10.0. The standard InChI is InChI=1S/C9H6N2O3/c12-5-8-10-9(11-14-8)6-1-3-7(13)4-2-6/h1-5,13H. The Morgan fingerprint density at radius 3 is 2.57 bits per heavy atom. The summed E-state index contributed by atoms with van der Waals surface area (Å²) in [5, 5.41) is 12.6. The highest BCUT2D eigenvalue weighted by Gasteiger charge is 2.06. The van der Waals surface area contributed by atoms with Gasteiger partial charge in [-0.1, -0.05) is 5.16 Å². The third-order valence-corrected chi connectivity index (χ3v) is 1.67. The molecule has 1 aromatic heterocycles. The highest BCUT2D eigenvalue weighted by molar-refractivity contribution is 5.69. The van der Waals surface area contributed by atoms with E-state index in [2.05, 4.69) is 14.7 Å². The van der Waals surface area contributed by atoms with E-state index >= 15 is 0 Å². The minimum atomic E-state index is -0.0620. The molecule has 14 heavy (non-hydrogen) atoms. The lowest BCUT2D eigenvalue weighted by Crippen LogP contribution is -1.81. The number of nitrogens with zero attached hydrogens (tertiary/aromatic N) is 2. The number of aromatic hydroxyl groups is 1. The van der Waals surface area contributed by atoms with Crippen molar-refractivity contribution in [1.29, 1.82) is 0 Å². The van der Waals surface area contributed by atoms with E-state index in [0.29, 0.717) is 17.7 Å². The minimum absolute atomic E-state index is 0.0620. The Morgan fingerprint density at radius 2 is 2.00 bits per heavy atom. The van der Waals surface area contributed by atoms with E-state index in [0.717, 1.165) is 0 Å². The first-order chi connectivity index (χ1) is 6.79. The molecule has 0 bridgehead atoms. The van der Waals surface area contributed by atoms with Gasteiger partial charge in [-0.15, -0.1) is 0 Å². The van der Waals surface area contributed by atoms with Gasteiger partial charge < -0.3 is 9.63 Å². The second-order valence-electron chi connectivity index (χ2n) is 2.62. The molecule has 0 aliphatic heterocycles. The van der Waals surface area contributed by atoms with E-state index < -0.39 is 0 Å². The second kappa shape index (κ2) is 3.29. The number of aldehydes is 1. The summed E-state index contributed by atoms with van der Waals surface area (Å²) in [5.74, 6) is 0.424. The predicted molar refractivity (Wildman–Crippen MR) is 46.8 cm³/mol. The molecule has 0 unspecified atom stereocenters. The quantitative estimate of drug-likeness (QED) is 0.721. The number of hydrogen-bond donors (Lipinski definition) is 1. The Balaban J connectivity index is 2.39. The molecule has 5 heteroatoms. The van der Waals surface area contributed by atoms with Gasteiger partial charge in [0.1, 0.15) is 5.75 Å². The number of aromatic nitrogens is 2. The highest BCUT2D eigenvalue weighted by atomic mass is 16.5. The Kier molecular flexibility index (Phi) is 1.98. The summed E-state index contributed by atoms with van der Waals surface area (Å²) in [6.45, 7) is 0. The average molecular weight is 190 g/mol. The largest absolute Gasteiger partial charge is 0.508 e. The number of phenols is 1. The monoisotopic (exact) mass is 190 g/mol. The predicted octanol–water partition coefficient (Wildman–Crippen LogP) is 1.25. The Morgan fingerprint density at radius 1 is 1.29 bits per heavy atom. The van der Waals surface area contributed by atoms with Crippen LogP contribution in [0.1, 0.15) is 10.7 Å². The molecule has 70 valence electrons. The van der Waals surface area contributed by atoms with Crippen LogP contribution in [0.5, 0.6) is 5.75 Å². The molecule has 0 radical (unpaired) electrons. The lowest BCUT2D eigenvalue weighted by Gasteiger charge is -1.93. The lowest BCUT2D eigenvalue weighted by atomic mass is 10.2. The van der Waals surface area contributed by atoms with E-state index in [1.54, 1.807) is 12.1 Å². The summed E-state index contributed by atoms with van der Waals surface area (Å²) in [7, 11) is 0. The SMILES string of the molecule is O=Cc1nc(-c2ccc(O)cc2)no1. The van der Waals surface area contributed by atoms with Crippen LogP contribution in [0.25, 0.3) is 11.4 Å². The molecule has 0 fully saturated rings. The van der Waals surface area contributed by atoms with Crippen molar-refractivity contribution in [3.8, 4) is 17.1 Å². The molecule has 0 atom stereocenters. The number of rotatable bonds is 2. The van der Waals surface area contributed by atoms with E-state index in [1.807, 2.05) is 0 Å². The molecular formula is C9H6N2O3. The van der Waals surface area contributed by atoms with E-state index in [9.17, 15) is 4.79 Å². The topological polar surface area (TPSA) is 76.2 Å². The molecule has 1 aromatic carbocycles. The van der Waals surface area contributed by atoms with Gasteiger partial charge in [-0.3, -0.25) is 4.79 Å². The first kappa shape index (κ1) is 8.43. The first-order valence-corrected chi connectivity index (χ1v) is 3.88. The summed E-state index contributed by atoms with van der Waals surface area (Å²) in [6.07, 6.45) is 0.483. The molecule has 2 aromatic rings. The van der Waals surface area contributed by atoms with Crippen molar-refractivity contribution in [2.45, 2.75) is 0 Å². The maximum atomic E-state index is 10.3. The molecule has 0 spiro atoms. The first-order valence-electron chi connectivity index (χ1n) is 3.88. The van der Waals surface area contributed by atoms with Crippen LogP contribution >= 0.6 is 0 Å². The Bertz CT molecular complexity index is 447. The van der Waals surface area contributed by atoms with Crippen molar-refractivity contribution < 1.29 is 14.4 Å². The number of benzene rings is 1. The second-order valence-corrected chi connectivity index (χ2v) is 2.62. The molecular weight excluding hydrogens is 184 g/mol. The fourth-order valence-electron chi connectivity index (χ4n) is 1.01. The van der Waals surface area contributed by atoms with Gasteiger partial charge in [0.25, 0.3) is 5.89 Å². The lowest BCUT2D eigenvalue weighted by molar-refractivity contribution is 0.108. The maximum absolute atomic E-state index is 10.3. The van der Waals surface area contributed by atoms with Crippen molar-refractivity contribution in [3.63, 3.8) is 0 Å². The Hall–Kier alpha value is -2.17. The number of hydrogen-bond acceptors (Lipinski definition) is 5. The van der Waals surface area contributed by atoms with Gasteiger partial charge in [0, 0.05) is 5.56 Å². The Labute approximate surface area is 79.0 Å². The van der Waals surface area contributed by atoms with Crippen LogP contribution in [-0.4, -0.2) is 21.5 Å². The molecule has 5 nitrogen and oxygen atoms in total. The smallest absolute Gasteiger partial charge is 0.291 e. The van der Waals surface area contributed by atoms with Crippen LogP contribution in [0.15, 0.2) is 28.8 Å². The van der Waals surface area contributed by atoms with Crippen molar-refractivity contribution >= 4 is 6.29 Å². The summed E-state index contributed by atoms with van der Waals surface area (Å²) in [5.41, 5.74) is 0.680. The zero-order chi connectivity index (χ0) is 9.97. The van der Waals surface area contributed by atoms with E-state index in [-0.39, 0.29) is 11.6 Å². The average Bonchev–Trinajstić information content (AvgIpc) is 2.67. The van der Waals surface area contributed by atoms with Crippen LogP contribution < -0.4 is 0 Å². The molecule has 2 rings (SSSR count). The third-order valence-electron chi connectivity index (χ3n) is 1.67. The van der Waals surface area contributed by atoms with Crippen LogP contribution in [0, 0.1) is 0 Å². The van der Waals surface area contributed by atoms with Gasteiger partial charge in [-0.25, -0.2) is 0 Å². The van der Waals surface area contributed by atoms with Crippen LogP contribution in [0.3, 0.4) is 0 Å². The molecule has 1 N–H and O–H groups in total. The maximum Gasteiger partial charge on any atom is 0.291 e. The number of carbonyl (C=O) groups is 1. The van der Waals surface area contributed by atoms with Crippen molar-refractivity contribution in [1.82, 2.24) is 10.1 Å². The van der Waals surface area contributed by atoms with E-state index in [4.69, 9.17) is 5.11 Å². The summed E-state index contributed by atoms with van der Waals surface area (Å²) >= 11 is 0. The summed E-state index contributed by atoms with van der Waals surface area (Å²) < 4.78 is 4.61. The van der Waals surface area contributed by atoms with Crippen molar-refractivity contribution in [3.05, 3.63) is 30.2 Å². The summed E-state index contributed by atoms with van der Waals surface area (Å²) in [4.78, 5) is 14.1. The molecule has 0 saturated carbocycles. The number of carbonyl (C=O) groups excluding carboxylic acids is 1. The minimum Gasteiger partial charge on any atom is -0.508 e. The molecule has 0 aliphatic rings.